The number of rotatable bonds is 4. The Morgan fingerprint density at radius 1 is 1.05 bits per heavy atom. The van der Waals surface area contributed by atoms with Gasteiger partial charge in [-0.05, 0) is 39.3 Å². The van der Waals surface area contributed by atoms with E-state index in [9.17, 15) is 8.78 Å². The number of nitrogens with one attached hydrogen (secondary N) is 2. The number of aromatic nitrogens is 2. The number of hydrogen-bond acceptors (Lipinski definition) is 4. The molecule has 0 saturated carbocycles. The number of hydrogen-bond donors (Lipinski definition) is 2. The van der Waals surface area contributed by atoms with Crippen molar-refractivity contribution in [3.63, 3.8) is 0 Å². The zero-order valence-electron chi connectivity index (χ0n) is 12.5. The molecule has 0 fully saturated rings. The molecule has 2 N–H and O–H groups in total. The van der Waals surface area contributed by atoms with Crippen LogP contribution in [0.2, 0.25) is 0 Å². The molecule has 112 valence electrons. The summed E-state index contributed by atoms with van der Waals surface area (Å²) in [5.41, 5.74) is 0.885. The van der Waals surface area contributed by atoms with Crippen LogP contribution in [0.3, 0.4) is 0 Å². The van der Waals surface area contributed by atoms with Crippen molar-refractivity contribution in [1.82, 2.24) is 9.97 Å². The molecule has 21 heavy (non-hydrogen) atoms. The second-order valence-electron chi connectivity index (χ2n) is 4.80. The average molecular weight is 292 g/mol. The lowest BCUT2D eigenvalue weighted by molar-refractivity contribution is 0.584. The SMILES string of the molecule is CCNc1nc(C)nc(Nc2c(F)ccc(C)c2F)c1C. The summed E-state index contributed by atoms with van der Waals surface area (Å²) in [4.78, 5) is 8.50. The van der Waals surface area contributed by atoms with Crippen molar-refractivity contribution in [3.8, 4) is 0 Å². The molecular weight excluding hydrogens is 274 g/mol. The monoisotopic (exact) mass is 292 g/mol. The molecule has 4 nitrogen and oxygen atoms in total. The van der Waals surface area contributed by atoms with Gasteiger partial charge in [0.05, 0.1) is 0 Å². The first kappa shape index (κ1) is 15.2. The third-order valence-electron chi connectivity index (χ3n) is 3.13. The van der Waals surface area contributed by atoms with E-state index in [4.69, 9.17) is 0 Å². The number of benzene rings is 1. The maximum Gasteiger partial charge on any atom is 0.152 e. The second-order valence-corrected chi connectivity index (χ2v) is 4.80. The molecule has 0 spiro atoms. The maximum absolute atomic E-state index is 14.1. The van der Waals surface area contributed by atoms with E-state index in [0.717, 1.165) is 0 Å². The lowest BCUT2D eigenvalue weighted by atomic mass is 10.2. The molecule has 0 atom stereocenters. The lowest BCUT2D eigenvalue weighted by Gasteiger charge is -2.15. The van der Waals surface area contributed by atoms with Gasteiger partial charge in [-0.3, -0.25) is 0 Å². The van der Waals surface area contributed by atoms with Crippen molar-refractivity contribution in [2.45, 2.75) is 27.7 Å². The Morgan fingerprint density at radius 3 is 2.38 bits per heavy atom. The zero-order valence-corrected chi connectivity index (χ0v) is 12.5. The molecule has 0 aliphatic carbocycles. The van der Waals surface area contributed by atoms with E-state index >= 15 is 0 Å². The number of anilines is 3. The zero-order chi connectivity index (χ0) is 15.6. The van der Waals surface area contributed by atoms with Gasteiger partial charge in [0.25, 0.3) is 0 Å². The van der Waals surface area contributed by atoms with E-state index in [0.29, 0.717) is 35.1 Å². The lowest BCUT2D eigenvalue weighted by Crippen LogP contribution is -2.09. The van der Waals surface area contributed by atoms with Gasteiger partial charge in [-0.1, -0.05) is 6.07 Å². The van der Waals surface area contributed by atoms with Crippen molar-refractivity contribution >= 4 is 17.3 Å². The molecule has 2 rings (SSSR count). The normalized spacial score (nSPS) is 10.6. The predicted octanol–water partition coefficient (Wildman–Crippen LogP) is 3.86. The standard InChI is InChI=1S/C15H18F2N4/c1-5-18-14-9(3)15(20-10(4)19-14)21-13-11(16)7-6-8(2)12(13)17/h6-7H,5H2,1-4H3,(H2,18,19,20,21). The summed E-state index contributed by atoms with van der Waals surface area (Å²) in [6, 6.07) is 2.63. The van der Waals surface area contributed by atoms with Gasteiger partial charge >= 0.3 is 0 Å². The minimum Gasteiger partial charge on any atom is -0.370 e. The molecule has 1 aromatic heterocycles. The van der Waals surface area contributed by atoms with Crippen LogP contribution in [0.25, 0.3) is 0 Å². The van der Waals surface area contributed by atoms with Crippen LogP contribution in [0.4, 0.5) is 26.1 Å². The van der Waals surface area contributed by atoms with E-state index in [-0.39, 0.29) is 5.69 Å². The highest BCUT2D eigenvalue weighted by Gasteiger charge is 2.15. The molecule has 1 aromatic carbocycles. The summed E-state index contributed by atoms with van der Waals surface area (Å²) >= 11 is 0. The van der Waals surface area contributed by atoms with Gasteiger partial charge in [0.15, 0.2) is 5.82 Å². The van der Waals surface area contributed by atoms with Crippen LogP contribution in [-0.2, 0) is 0 Å². The van der Waals surface area contributed by atoms with Gasteiger partial charge in [-0.15, -0.1) is 0 Å². The summed E-state index contributed by atoms with van der Waals surface area (Å²) in [5, 5.41) is 5.85. The summed E-state index contributed by atoms with van der Waals surface area (Å²) in [6.07, 6.45) is 0. The van der Waals surface area contributed by atoms with Crippen LogP contribution >= 0.6 is 0 Å². The number of halogens is 2. The van der Waals surface area contributed by atoms with Crippen LogP contribution in [0.15, 0.2) is 12.1 Å². The van der Waals surface area contributed by atoms with Gasteiger partial charge in [0.2, 0.25) is 0 Å². The Morgan fingerprint density at radius 2 is 1.71 bits per heavy atom. The number of aryl methyl sites for hydroxylation is 2. The Kier molecular flexibility index (Phi) is 4.35. The van der Waals surface area contributed by atoms with Crippen LogP contribution in [0, 0.1) is 32.4 Å². The molecular formula is C15H18F2N4. The van der Waals surface area contributed by atoms with E-state index < -0.39 is 11.6 Å². The quantitative estimate of drug-likeness (QED) is 0.898. The Bertz CT molecular complexity index is 671. The number of nitrogens with zero attached hydrogens (tertiary/aromatic N) is 2. The first-order valence-corrected chi connectivity index (χ1v) is 6.74. The molecule has 0 aliphatic rings. The highest BCUT2D eigenvalue weighted by atomic mass is 19.1. The third kappa shape index (κ3) is 3.09. The molecule has 0 saturated heterocycles. The van der Waals surface area contributed by atoms with E-state index in [1.807, 2.05) is 6.92 Å². The second kappa shape index (κ2) is 6.03. The highest BCUT2D eigenvalue weighted by Crippen LogP contribution is 2.28. The van der Waals surface area contributed by atoms with E-state index in [2.05, 4.69) is 20.6 Å². The van der Waals surface area contributed by atoms with Gasteiger partial charge < -0.3 is 10.6 Å². The van der Waals surface area contributed by atoms with Gasteiger partial charge in [0, 0.05) is 12.1 Å². The summed E-state index contributed by atoms with van der Waals surface area (Å²) < 4.78 is 27.9. The minimum absolute atomic E-state index is 0.196. The molecule has 6 heteroatoms. The molecule has 0 unspecified atom stereocenters. The predicted molar refractivity (Wildman–Crippen MR) is 80.0 cm³/mol. The van der Waals surface area contributed by atoms with Crippen molar-refractivity contribution in [2.24, 2.45) is 0 Å². The molecule has 0 amide bonds. The average Bonchev–Trinajstić information content (AvgIpc) is 2.44. The fourth-order valence-corrected chi connectivity index (χ4v) is 1.98. The van der Waals surface area contributed by atoms with Gasteiger partial charge in [-0.2, -0.15) is 0 Å². The first-order valence-electron chi connectivity index (χ1n) is 6.74. The first-order chi connectivity index (χ1) is 9.93. The third-order valence-corrected chi connectivity index (χ3v) is 3.13. The topological polar surface area (TPSA) is 49.8 Å². The Labute approximate surface area is 122 Å². The van der Waals surface area contributed by atoms with Crippen LogP contribution in [0.1, 0.15) is 23.9 Å². The molecule has 0 bridgehead atoms. The largest absolute Gasteiger partial charge is 0.370 e. The molecule has 0 aliphatic heterocycles. The fraction of sp³-hybridized carbons (Fsp3) is 0.333. The van der Waals surface area contributed by atoms with Crippen molar-refractivity contribution in [2.75, 3.05) is 17.2 Å². The summed E-state index contributed by atoms with van der Waals surface area (Å²) in [6.45, 7) is 7.76. The molecule has 2 aromatic rings. The molecule has 1 heterocycles. The maximum atomic E-state index is 14.1. The van der Waals surface area contributed by atoms with Crippen LogP contribution < -0.4 is 10.6 Å². The fourth-order valence-electron chi connectivity index (χ4n) is 1.98. The van der Waals surface area contributed by atoms with Crippen molar-refractivity contribution in [3.05, 3.63) is 40.7 Å². The molecule has 0 radical (unpaired) electrons. The highest BCUT2D eigenvalue weighted by molar-refractivity contribution is 5.66. The smallest absolute Gasteiger partial charge is 0.152 e. The Hall–Kier alpha value is -2.24. The minimum atomic E-state index is -0.654. The van der Waals surface area contributed by atoms with Gasteiger partial charge in [0.1, 0.15) is 29.0 Å². The van der Waals surface area contributed by atoms with Crippen molar-refractivity contribution < 1.29 is 8.78 Å². The summed E-state index contributed by atoms with van der Waals surface area (Å²) in [5.74, 6) is 0.296. The van der Waals surface area contributed by atoms with Crippen molar-refractivity contribution in [1.29, 1.82) is 0 Å². The van der Waals surface area contributed by atoms with E-state index in [1.54, 1.807) is 20.8 Å². The van der Waals surface area contributed by atoms with Crippen LogP contribution in [0.5, 0.6) is 0 Å². The Balaban J connectivity index is 2.47. The van der Waals surface area contributed by atoms with E-state index in [1.165, 1.54) is 12.1 Å². The van der Waals surface area contributed by atoms with Gasteiger partial charge in [-0.25, -0.2) is 18.7 Å². The summed E-state index contributed by atoms with van der Waals surface area (Å²) in [7, 11) is 0. The van der Waals surface area contributed by atoms with Crippen LogP contribution in [-0.4, -0.2) is 16.5 Å².